The van der Waals surface area contributed by atoms with Gasteiger partial charge in [-0.2, -0.15) is 0 Å². The monoisotopic (exact) mass is 201 g/mol. The topological polar surface area (TPSA) is 38.3 Å². The minimum absolute atomic E-state index is 0.333. The van der Waals surface area contributed by atoms with E-state index in [4.69, 9.17) is 0 Å². The Morgan fingerprint density at radius 2 is 2.00 bits per heavy atom. The van der Waals surface area contributed by atoms with Crippen LogP contribution in [0.1, 0.15) is 46.5 Å². The third kappa shape index (κ3) is 5.10. The zero-order valence-corrected chi connectivity index (χ0v) is 9.85. The quantitative estimate of drug-likeness (QED) is 0.717. The third-order valence-electron chi connectivity index (χ3n) is 2.89. The van der Waals surface area contributed by atoms with E-state index in [0.717, 1.165) is 12.8 Å². The molecule has 3 nitrogen and oxygen atoms in total. The summed E-state index contributed by atoms with van der Waals surface area (Å²) in [6.07, 6.45) is 4.25. The molecule has 0 heterocycles. The van der Waals surface area contributed by atoms with Crippen molar-refractivity contribution >= 4 is 6.09 Å². The SMILES string of the molecule is CCCC(C)(CC)CCNC(=O)OC. The molecule has 1 atom stereocenters. The molecule has 14 heavy (non-hydrogen) atoms. The Labute approximate surface area is 87.2 Å². The first-order valence-electron chi connectivity index (χ1n) is 5.39. The third-order valence-corrected chi connectivity index (χ3v) is 2.89. The van der Waals surface area contributed by atoms with E-state index < -0.39 is 0 Å². The zero-order chi connectivity index (χ0) is 11.0. The number of carbonyl (C=O) groups excluding carboxylic acids is 1. The molecule has 0 radical (unpaired) electrons. The molecule has 0 aromatic carbocycles. The molecule has 0 bridgehead atoms. The standard InChI is InChI=1S/C11H23NO2/c1-5-7-11(3,6-2)8-9-12-10(13)14-4/h5-9H2,1-4H3,(H,12,13). The lowest BCUT2D eigenvalue weighted by Gasteiger charge is -2.27. The fourth-order valence-electron chi connectivity index (χ4n) is 1.62. The summed E-state index contributed by atoms with van der Waals surface area (Å²) in [5, 5.41) is 2.72. The van der Waals surface area contributed by atoms with Gasteiger partial charge in [-0.25, -0.2) is 4.79 Å². The first-order valence-corrected chi connectivity index (χ1v) is 5.39. The Balaban J connectivity index is 3.77. The average Bonchev–Trinajstić information content (AvgIpc) is 2.18. The number of alkyl carbamates (subject to hydrolysis) is 1. The van der Waals surface area contributed by atoms with Crippen LogP contribution in [0.5, 0.6) is 0 Å². The van der Waals surface area contributed by atoms with Gasteiger partial charge in [0.05, 0.1) is 7.11 Å². The van der Waals surface area contributed by atoms with Gasteiger partial charge in [-0.15, -0.1) is 0 Å². The minimum Gasteiger partial charge on any atom is -0.453 e. The van der Waals surface area contributed by atoms with Crippen molar-refractivity contribution in [3.63, 3.8) is 0 Å². The van der Waals surface area contributed by atoms with Crippen molar-refractivity contribution < 1.29 is 9.53 Å². The van der Waals surface area contributed by atoms with Gasteiger partial charge in [-0.1, -0.05) is 33.6 Å². The van der Waals surface area contributed by atoms with E-state index in [0.29, 0.717) is 12.0 Å². The fraction of sp³-hybridized carbons (Fsp3) is 0.909. The number of hydrogen-bond acceptors (Lipinski definition) is 2. The Kier molecular flexibility index (Phi) is 6.34. The molecule has 0 saturated heterocycles. The second-order valence-corrected chi connectivity index (χ2v) is 4.08. The molecule has 1 unspecified atom stereocenters. The van der Waals surface area contributed by atoms with E-state index >= 15 is 0 Å². The molecule has 0 fully saturated rings. The van der Waals surface area contributed by atoms with Gasteiger partial charge >= 0.3 is 6.09 Å². The van der Waals surface area contributed by atoms with Gasteiger partial charge in [0, 0.05) is 6.54 Å². The van der Waals surface area contributed by atoms with Gasteiger partial charge in [0.15, 0.2) is 0 Å². The molecule has 1 N–H and O–H groups in total. The van der Waals surface area contributed by atoms with Gasteiger partial charge in [0.1, 0.15) is 0 Å². The van der Waals surface area contributed by atoms with Crippen LogP contribution in [0.15, 0.2) is 0 Å². The molecule has 0 saturated carbocycles. The van der Waals surface area contributed by atoms with Crippen molar-refractivity contribution in [2.45, 2.75) is 46.5 Å². The highest BCUT2D eigenvalue weighted by atomic mass is 16.5. The highest BCUT2D eigenvalue weighted by molar-refractivity contribution is 5.66. The van der Waals surface area contributed by atoms with E-state index in [9.17, 15) is 4.79 Å². The normalized spacial score (nSPS) is 14.6. The summed E-state index contributed by atoms with van der Waals surface area (Å²) in [5.41, 5.74) is 0.357. The summed E-state index contributed by atoms with van der Waals surface area (Å²) in [5.74, 6) is 0. The minimum atomic E-state index is -0.333. The molecule has 0 aliphatic heterocycles. The molecule has 0 aromatic rings. The molecule has 3 heteroatoms. The maximum absolute atomic E-state index is 10.8. The number of carbonyl (C=O) groups is 1. The maximum Gasteiger partial charge on any atom is 0.406 e. The Morgan fingerprint density at radius 3 is 2.43 bits per heavy atom. The van der Waals surface area contributed by atoms with Crippen LogP contribution in [0.4, 0.5) is 4.79 Å². The van der Waals surface area contributed by atoms with Crippen molar-refractivity contribution in [1.29, 1.82) is 0 Å². The highest BCUT2D eigenvalue weighted by Crippen LogP contribution is 2.30. The predicted octanol–water partition coefficient (Wildman–Crippen LogP) is 2.95. The first-order chi connectivity index (χ1) is 6.58. The molecule has 84 valence electrons. The van der Waals surface area contributed by atoms with Gasteiger partial charge in [0.2, 0.25) is 0 Å². The van der Waals surface area contributed by atoms with E-state index in [1.807, 2.05) is 0 Å². The Bertz CT molecular complexity index is 171. The van der Waals surface area contributed by atoms with Crippen LogP contribution in [-0.2, 0) is 4.74 Å². The summed E-state index contributed by atoms with van der Waals surface area (Å²) in [6.45, 7) is 7.38. The van der Waals surface area contributed by atoms with Crippen LogP contribution in [0.2, 0.25) is 0 Å². The maximum atomic E-state index is 10.8. The number of ether oxygens (including phenoxy) is 1. The number of rotatable bonds is 6. The fourth-order valence-corrected chi connectivity index (χ4v) is 1.62. The van der Waals surface area contributed by atoms with Crippen molar-refractivity contribution in [3.8, 4) is 0 Å². The van der Waals surface area contributed by atoms with E-state index in [1.165, 1.54) is 20.0 Å². The van der Waals surface area contributed by atoms with Crippen molar-refractivity contribution in [1.82, 2.24) is 5.32 Å². The predicted molar refractivity (Wildman–Crippen MR) is 58.3 cm³/mol. The average molecular weight is 201 g/mol. The van der Waals surface area contributed by atoms with E-state index in [1.54, 1.807) is 0 Å². The Morgan fingerprint density at radius 1 is 1.36 bits per heavy atom. The summed E-state index contributed by atoms with van der Waals surface area (Å²) in [6, 6.07) is 0. The molecule has 0 spiro atoms. The number of methoxy groups -OCH3 is 1. The molecule has 1 amide bonds. The van der Waals surface area contributed by atoms with Crippen LogP contribution >= 0.6 is 0 Å². The van der Waals surface area contributed by atoms with E-state index in [-0.39, 0.29) is 6.09 Å². The van der Waals surface area contributed by atoms with E-state index in [2.05, 4.69) is 30.8 Å². The second-order valence-electron chi connectivity index (χ2n) is 4.08. The molecule has 0 aliphatic carbocycles. The number of hydrogen-bond donors (Lipinski definition) is 1. The number of amides is 1. The van der Waals surface area contributed by atoms with Gasteiger partial charge in [0.25, 0.3) is 0 Å². The van der Waals surface area contributed by atoms with Gasteiger partial charge in [-0.05, 0) is 18.3 Å². The number of nitrogens with one attached hydrogen (secondary N) is 1. The van der Waals surface area contributed by atoms with Crippen molar-refractivity contribution in [2.75, 3.05) is 13.7 Å². The molecular weight excluding hydrogens is 178 g/mol. The summed E-state index contributed by atoms with van der Waals surface area (Å²) in [4.78, 5) is 10.8. The van der Waals surface area contributed by atoms with Gasteiger partial charge < -0.3 is 10.1 Å². The van der Waals surface area contributed by atoms with Crippen LogP contribution in [0, 0.1) is 5.41 Å². The molecule has 0 aliphatic rings. The lowest BCUT2D eigenvalue weighted by Crippen LogP contribution is -2.28. The second kappa shape index (κ2) is 6.68. The van der Waals surface area contributed by atoms with Crippen LogP contribution < -0.4 is 5.32 Å². The van der Waals surface area contributed by atoms with Crippen molar-refractivity contribution in [2.24, 2.45) is 5.41 Å². The van der Waals surface area contributed by atoms with Crippen LogP contribution in [-0.4, -0.2) is 19.7 Å². The summed E-state index contributed by atoms with van der Waals surface area (Å²) in [7, 11) is 1.39. The van der Waals surface area contributed by atoms with Crippen LogP contribution in [0.3, 0.4) is 0 Å². The molecule has 0 rings (SSSR count). The van der Waals surface area contributed by atoms with Crippen LogP contribution in [0.25, 0.3) is 0 Å². The summed E-state index contributed by atoms with van der Waals surface area (Å²) < 4.78 is 4.51. The largest absolute Gasteiger partial charge is 0.453 e. The molecule has 0 aromatic heterocycles. The summed E-state index contributed by atoms with van der Waals surface area (Å²) >= 11 is 0. The lowest BCUT2D eigenvalue weighted by molar-refractivity contribution is 0.167. The first kappa shape index (κ1) is 13.3. The van der Waals surface area contributed by atoms with Gasteiger partial charge in [-0.3, -0.25) is 0 Å². The smallest absolute Gasteiger partial charge is 0.406 e. The Hall–Kier alpha value is -0.730. The molecular formula is C11H23NO2. The van der Waals surface area contributed by atoms with Crippen molar-refractivity contribution in [3.05, 3.63) is 0 Å². The highest BCUT2D eigenvalue weighted by Gasteiger charge is 2.20. The lowest BCUT2D eigenvalue weighted by atomic mass is 9.80. The zero-order valence-electron chi connectivity index (χ0n) is 9.85.